The molecule has 0 radical (unpaired) electrons. The van der Waals surface area contributed by atoms with E-state index in [1.807, 2.05) is 31.2 Å². The van der Waals surface area contributed by atoms with Crippen molar-refractivity contribution in [3.05, 3.63) is 42.5 Å². The molecule has 0 bridgehead atoms. The Morgan fingerprint density at radius 1 is 1.11 bits per heavy atom. The topological polar surface area (TPSA) is 81.8 Å². The molecule has 3 aromatic rings. The summed E-state index contributed by atoms with van der Waals surface area (Å²) in [5.41, 5.74) is 12.8. The van der Waals surface area contributed by atoms with Gasteiger partial charge in [0.2, 0.25) is 0 Å². The monoisotopic (exact) mass is 474 g/mol. The zero-order valence-corrected chi connectivity index (χ0v) is 20.3. The molecule has 1 atom stereocenters. The first-order chi connectivity index (χ1) is 17.1. The SMILES string of the molecule is C[C@@H](OC(=O)Nc1ccc(-c2c(N)c3ccc(N4CCOCC4)cc3n2CC2CC2)cc1)C1CC1. The van der Waals surface area contributed by atoms with Gasteiger partial charge in [0.25, 0.3) is 0 Å². The molecular formula is C28H34N4O3. The highest BCUT2D eigenvalue weighted by Crippen LogP contribution is 2.41. The molecule has 184 valence electrons. The van der Waals surface area contributed by atoms with E-state index in [1.165, 1.54) is 24.0 Å². The first kappa shape index (κ1) is 22.3. The van der Waals surface area contributed by atoms with Crippen molar-refractivity contribution in [2.45, 2.75) is 45.3 Å². The largest absolute Gasteiger partial charge is 0.446 e. The summed E-state index contributed by atoms with van der Waals surface area (Å²) in [5, 5.41) is 3.96. The Morgan fingerprint density at radius 2 is 1.86 bits per heavy atom. The quantitative estimate of drug-likeness (QED) is 0.474. The van der Waals surface area contributed by atoms with Crippen molar-refractivity contribution in [2.24, 2.45) is 11.8 Å². The molecule has 3 fully saturated rings. The van der Waals surface area contributed by atoms with Gasteiger partial charge >= 0.3 is 6.09 Å². The van der Waals surface area contributed by atoms with Crippen molar-refractivity contribution >= 4 is 34.1 Å². The van der Waals surface area contributed by atoms with Gasteiger partial charge in [-0.25, -0.2) is 4.79 Å². The Bertz CT molecular complexity index is 1220. The molecule has 2 heterocycles. The molecule has 0 spiro atoms. The maximum absolute atomic E-state index is 12.3. The van der Waals surface area contributed by atoms with Gasteiger partial charge < -0.3 is 24.7 Å². The number of nitrogens with zero attached hydrogens (tertiary/aromatic N) is 2. The van der Waals surface area contributed by atoms with Gasteiger partial charge in [-0.3, -0.25) is 5.32 Å². The van der Waals surface area contributed by atoms with Crippen LogP contribution in [0.3, 0.4) is 0 Å². The molecule has 6 rings (SSSR count). The minimum Gasteiger partial charge on any atom is -0.446 e. The van der Waals surface area contributed by atoms with Crippen LogP contribution >= 0.6 is 0 Å². The van der Waals surface area contributed by atoms with Gasteiger partial charge in [-0.15, -0.1) is 0 Å². The lowest BCUT2D eigenvalue weighted by Crippen LogP contribution is -2.36. The Kier molecular flexibility index (Phi) is 5.80. The van der Waals surface area contributed by atoms with Crippen molar-refractivity contribution < 1.29 is 14.3 Å². The lowest BCUT2D eigenvalue weighted by atomic mass is 10.1. The third kappa shape index (κ3) is 4.69. The maximum atomic E-state index is 12.3. The number of carbonyl (C=O) groups excluding carboxylic acids is 1. The second-order valence-electron chi connectivity index (χ2n) is 10.3. The number of ether oxygens (including phenoxy) is 2. The van der Waals surface area contributed by atoms with Crippen molar-refractivity contribution in [1.29, 1.82) is 0 Å². The Hall–Kier alpha value is -3.19. The summed E-state index contributed by atoms with van der Waals surface area (Å²) in [7, 11) is 0. The number of nitrogen functional groups attached to an aromatic ring is 1. The van der Waals surface area contributed by atoms with Crippen LogP contribution in [-0.4, -0.2) is 43.1 Å². The van der Waals surface area contributed by atoms with Gasteiger partial charge in [0.15, 0.2) is 0 Å². The molecule has 3 N–H and O–H groups in total. The third-order valence-corrected chi connectivity index (χ3v) is 7.58. The summed E-state index contributed by atoms with van der Waals surface area (Å²) in [6, 6.07) is 14.6. The van der Waals surface area contributed by atoms with E-state index in [2.05, 4.69) is 33.0 Å². The average molecular weight is 475 g/mol. The molecule has 1 aromatic heterocycles. The number of morpholine rings is 1. The fourth-order valence-electron chi connectivity index (χ4n) is 5.13. The molecule has 3 aliphatic rings. The molecule has 2 aromatic carbocycles. The number of nitrogens with one attached hydrogen (secondary N) is 1. The van der Waals surface area contributed by atoms with Crippen LogP contribution in [0.25, 0.3) is 22.2 Å². The molecule has 1 aliphatic heterocycles. The van der Waals surface area contributed by atoms with Crippen molar-refractivity contribution in [3.63, 3.8) is 0 Å². The van der Waals surface area contributed by atoms with Gasteiger partial charge in [0, 0.05) is 42.0 Å². The number of nitrogens with two attached hydrogens (primary N) is 1. The number of amides is 1. The molecular weight excluding hydrogens is 440 g/mol. The van der Waals surface area contributed by atoms with Crippen LogP contribution in [-0.2, 0) is 16.0 Å². The van der Waals surface area contributed by atoms with E-state index < -0.39 is 6.09 Å². The molecule has 2 saturated carbocycles. The normalized spacial score (nSPS) is 19.1. The lowest BCUT2D eigenvalue weighted by Gasteiger charge is -2.29. The van der Waals surface area contributed by atoms with Gasteiger partial charge in [-0.2, -0.15) is 0 Å². The number of fused-ring (bicyclic) bond motifs is 1. The van der Waals surface area contributed by atoms with E-state index in [4.69, 9.17) is 15.2 Å². The number of rotatable bonds is 7. The number of aromatic nitrogens is 1. The van der Waals surface area contributed by atoms with Gasteiger partial charge in [-0.1, -0.05) is 12.1 Å². The summed E-state index contributed by atoms with van der Waals surface area (Å²) in [5.74, 6) is 1.23. The highest BCUT2D eigenvalue weighted by atomic mass is 16.6. The number of hydrogen-bond donors (Lipinski definition) is 2. The van der Waals surface area contributed by atoms with Crippen molar-refractivity contribution in [2.75, 3.05) is 42.3 Å². The van der Waals surface area contributed by atoms with Gasteiger partial charge in [0.05, 0.1) is 30.1 Å². The highest BCUT2D eigenvalue weighted by Gasteiger charge is 2.31. The van der Waals surface area contributed by atoms with Crippen LogP contribution in [0.4, 0.5) is 21.9 Å². The van der Waals surface area contributed by atoms with Crippen LogP contribution in [0.15, 0.2) is 42.5 Å². The van der Waals surface area contributed by atoms with Crippen LogP contribution in [0.2, 0.25) is 0 Å². The highest BCUT2D eigenvalue weighted by molar-refractivity contribution is 6.02. The van der Waals surface area contributed by atoms with Gasteiger partial charge in [-0.05, 0) is 74.8 Å². The summed E-state index contributed by atoms with van der Waals surface area (Å²) < 4.78 is 13.4. The fraction of sp³-hybridized carbons (Fsp3) is 0.464. The van der Waals surface area contributed by atoms with Crippen molar-refractivity contribution in [1.82, 2.24) is 4.57 Å². The molecule has 0 unspecified atom stereocenters. The Labute approximate surface area is 206 Å². The molecule has 7 heteroatoms. The summed E-state index contributed by atoms with van der Waals surface area (Å²) in [6.45, 7) is 6.29. The van der Waals surface area contributed by atoms with Crippen LogP contribution in [0, 0.1) is 11.8 Å². The van der Waals surface area contributed by atoms with E-state index in [1.54, 1.807) is 0 Å². The third-order valence-electron chi connectivity index (χ3n) is 7.58. The van der Waals surface area contributed by atoms with Crippen LogP contribution in [0.5, 0.6) is 0 Å². The van der Waals surface area contributed by atoms with E-state index in [9.17, 15) is 4.79 Å². The molecule has 1 saturated heterocycles. The predicted molar refractivity (Wildman–Crippen MR) is 140 cm³/mol. The Balaban J connectivity index is 1.29. The zero-order chi connectivity index (χ0) is 23.9. The summed E-state index contributed by atoms with van der Waals surface area (Å²) >= 11 is 0. The first-order valence-electron chi connectivity index (χ1n) is 12.9. The van der Waals surface area contributed by atoms with E-state index >= 15 is 0 Å². The van der Waals surface area contributed by atoms with Crippen LogP contribution in [0.1, 0.15) is 32.6 Å². The van der Waals surface area contributed by atoms with Crippen LogP contribution < -0.4 is 16.0 Å². The smallest absolute Gasteiger partial charge is 0.411 e. The van der Waals surface area contributed by atoms with Crippen molar-refractivity contribution in [3.8, 4) is 11.3 Å². The Morgan fingerprint density at radius 3 is 2.54 bits per heavy atom. The minimum atomic E-state index is -0.393. The second kappa shape index (κ2) is 9.11. The number of benzene rings is 2. The number of hydrogen-bond acceptors (Lipinski definition) is 5. The maximum Gasteiger partial charge on any atom is 0.411 e. The number of anilines is 3. The average Bonchev–Trinajstić information content (AvgIpc) is 3.79. The summed E-state index contributed by atoms with van der Waals surface area (Å²) in [4.78, 5) is 14.6. The lowest BCUT2D eigenvalue weighted by molar-refractivity contribution is 0.108. The van der Waals surface area contributed by atoms with E-state index in [-0.39, 0.29) is 6.10 Å². The summed E-state index contributed by atoms with van der Waals surface area (Å²) in [6.07, 6.45) is 4.41. The zero-order valence-electron chi connectivity index (χ0n) is 20.3. The molecule has 35 heavy (non-hydrogen) atoms. The standard InChI is InChI=1S/C28H34N4O3/c1-18(20-4-5-20)35-28(33)30-22-8-6-21(7-9-22)27-26(29)24-11-10-23(31-12-14-34-15-13-31)16-25(24)32(27)17-19-2-3-19/h6-11,16,18-20H,2-5,12-15,17,29H2,1H3,(H,30,33)/t18-/m1/s1. The minimum absolute atomic E-state index is 0.0328. The fourth-order valence-corrected chi connectivity index (χ4v) is 5.13. The van der Waals surface area contributed by atoms with Gasteiger partial charge in [0.1, 0.15) is 6.10 Å². The molecule has 2 aliphatic carbocycles. The van der Waals surface area contributed by atoms with E-state index in [0.29, 0.717) is 11.8 Å². The first-order valence-corrected chi connectivity index (χ1v) is 12.9. The molecule has 1 amide bonds. The molecule has 7 nitrogen and oxygen atoms in total. The van der Waals surface area contributed by atoms with E-state index in [0.717, 1.165) is 73.7 Å². The number of carbonyl (C=O) groups is 1. The predicted octanol–water partition coefficient (Wildman–Crippen LogP) is 5.48. The second-order valence-corrected chi connectivity index (χ2v) is 10.3.